The highest BCUT2D eigenvalue weighted by atomic mass is 16.3. The standard InChI is InChI=1S/C16H26N2O/c1-16(2)10-14(13-6-9-19-15(13)11-16)17-12-4-7-18(3)8-5-12/h6,9,12,14,17H,4-5,7-8,10-11H2,1-3H3/t14-/m1/s1. The molecule has 0 saturated carbocycles. The quantitative estimate of drug-likeness (QED) is 0.888. The lowest BCUT2D eigenvalue weighted by atomic mass is 9.74. The zero-order valence-corrected chi connectivity index (χ0v) is 12.4. The Labute approximate surface area is 116 Å². The molecule has 19 heavy (non-hydrogen) atoms. The van der Waals surface area contributed by atoms with Gasteiger partial charge in [-0.25, -0.2) is 0 Å². The fraction of sp³-hybridized carbons (Fsp3) is 0.750. The number of likely N-dealkylation sites (tertiary alicyclic amines) is 1. The van der Waals surface area contributed by atoms with Crippen molar-refractivity contribution in [1.82, 2.24) is 10.2 Å². The molecule has 3 nitrogen and oxygen atoms in total. The molecule has 1 N–H and O–H groups in total. The molecule has 1 aliphatic heterocycles. The predicted octanol–water partition coefficient (Wildman–Crippen LogP) is 2.98. The van der Waals surface area contributed by atoms with E-state index in [1.54, 1.807) is 0 Å². The van der Waals surface area contributed by atoms with Crippen LogP contribution in [0.25, 0.3) is 0 Å². The van der Waals surface area contributed by atoms with Crippen molar-refractivity contribution in [3.05, 3.63) is 23.7 Å². The van der Waals surface area contributed by atoms with E-state index in [0.29, 0.717) is 17.5 Å². The lowest BCUT2D eigenvalue weighted by Gasteiger charge is -2.38. The molecule has 1 atom stereocenters. The summed E-state index contributed by atoms with van der Waals surface area (Å²) in [6.07, 6.45) is 6.67. The molecule has 0 radical (unpaired) electrons. The first-order valence-corrected chi connectivity index (χ1v) is 7.54. The predicted molar refractivity (Wildman–Crippen MR) is 77.2 cm³/mol. The summed E-state index contributed by atoms with van der Waals surface area (Å²) in [4.78, 5) is 2.42. The van der Waals surface area contributed by atoms with Crippen LogP contribution in [-0.2, 0) is 6.42 Å². The van der Waals surface area contributed by atoms with Gasteiger partial charge in [-0.1, -0.05) is 13.8 Å². The summed E-state index contributed by atoms with van der Waals surface area (Å²) in [6, 6.07) is 3.31. The summed E-state index contributed by atoms with van der Waals surface area (Å²) < 4.78 is 5.68. The van der Waals surface area contributed by atoms with E-state index in [0.717, 1.165) is 6.42 Å². The Kier molecular flexibility index (Phi) is 3.44. The molecule has 1 fully saturated rings. The molecule has 2 heterocycles. The van der Waals surface area contributed by atoms with Crippen LogP contribution in [0, 0.1) is 5.41 Å². The second-order valence-corrected chi connectivity index (χ2v) is 7.14. The third-order valence-corrected chi connectivity index (χ3v) is 4.71. The second-order valence-electron chi connectivity index (χ2n) is 7.14. The van der Waals surface area contributed by atoms with E-state index in [1.807, 2.05) is 6.26 Å². The van der Waals surface area contributed by atoms with Crippen LogP contribution in [-0.4, -0.2) is 31.1 Å². The van der Waals surface area contributed by atoms with Gasteiger partial charge in [0.15, 0.2) is 0 Å². The molecule has 0 aromatic carbocycles. The number of piperidine rings is 1. The third kappa shape index (κ3) is 2.87. The highest BCUT2D eigenvalue weighted by Gasteiger charge is 2.35. The zero-order chi connectivity index (χ0) is 13.5. The van der Waals surface area contributed by atoms with E-state index >= 15 is 0 Å². The van der Waals surface area contributed by atoms with Crippen molar-refractivity contribution in [2.24, 2.45) is 5.41 Å². The number of hydrogen-bond acceptors (Lipinski definition) is 3. The van der Waals surface area contributed by atoms with Gasteiger partial charge in [0.05, 0.1) is 6.26 Å². The van der Waals surface area contributed by atoms with Crippen LogP contribution in [0.15, 0.2) is 16.7 Å². The molecular formula is C16H26N2O. The van der Waals surface area contributed by atoms with Crippen molar-refractivity contribution in [1.29, 1.82) is 0 Å². The minimum Gasteiger partial charge on any atom is -0.469 e. The van der Waals surface area contributed by atoms with E-state index in [4.69, 9.17) is 4.42 Å². The van der Waals surface area contributed by atoms with Crippen molar-refractivity contribution in [2.75, 3.05) is 20.1 Å². The fourth-order valence-electron chi connectivity index (χ4n) is 3.58. The third-order valence-electron chi connectivity index (χ3n) is 4.71. The monoisotopic (exact) mass is 262 g/mol. The van der Waals surface area contributed by atoms with Crippen LogP contribution in [0.5, 0.6) is 0 Å². The number of nitrogens with one attached hydrogen (secondary N) is 1. The molecule has 0 bridgehead atoms. The van der Waals surface area contributed by atoms with Crippen molar-refractivity contribution in [3.63, 3.8) is 0 Å². The molecule has 1 aromatic rings. The number of furan rings is 1. The molecule has 106 valence electrons. The number of fused-ring (bicyclic) bond motifs is 1. The molecule has 1 aromatic heterocycles. The van der Waals surface area contributed by atoms with Crippen LogP contribution in [0.2, 0.25) is 0 Å². The Morgan fingerprint density at radius 1 is 1.32 bits per heavy atom. The smallest absolute Gasteiger partial charge is 0.109 e. The molecule has 2 aliphatic rings. The Hall–Kier alpha value is -0.800. The maximum absolute atomic E-state index is 5.68. The molecular weight excluding hydrogens is 236 g/mol. The fourth-order valence-corrected chi connectivity index (χ4v) is 3.58. The Bertz CT molecular complexity index is 430. The molecule has 0 unspecified atom stereocenters. The van der Waals surface area contributed by atoms with Gasteiger partial charge in [-0.3, -0.25) is 0 Å². The van der Waals surface area contributed by atoms with Gasteiger partial charge in [-0.2, -0.15) is 0 Å². The Morgan fingerprint density at radius 2 is 2.05 bits per heavy atom. The van der Waals surface area contributed by atoms with E-state index in [1.165, 1.54) is 43.7 Å². The highest BCUT2D eigenvalue weighted by Crippen LogP contribution is 2.41. The second kappa shape index (κ2) is 4.95. The number of hydrogen-bond donors (Lipinski definition) is 1. The molecule has 0 amide bonds. The van der Waals surface area contributed by atoms with Crippen LogP contribution in [0.3, 0.4) is 0 Å². The van der Waals surface area contributed by atoms with Gasteiger partial charge in [-0.05, 0) is 50.9 Å². The van der Waals surface area contributed by atoms with Crippen molar-refractivity contribution in [2.45, 2.75) is 51.6 Å². The first-order valence-electron chi connectivity index (χ1n) is 7.54. The molecule has 0 spiro atoms. The summed E-state index contributed by atoms with van der Waals surface area (Å²) >= 11 is 0. The van der Waals surface area contributed by atoms with Crippen LogP contribution in [0.1, 0.15) is 50.5 Å². The maximum atomic E-state index is 5.68. The average molecular weight is 262 g/mol. The maximum Gasteiger partial charge on any atom is 0.109 e. The van der Waals surface area contributed by atoms with Gasteiger partial charge < -0.3 is 14.6 Å². The van der Waals surface area contributed by atoms with Gasteiger partial charge >= 0.3 is 0 Å². The summed E-state index contributed by atoms with van der Waals surface area (Å²) in [5.74, 6) is 1.20. The van der Waals surface area contributed by atoms with Gasteiger partial charge in [0.2, 0.25) is 0 Å². The summed E-state index contributed by atoms with van der Waals surface area (Å²) in [5, 5.41) is 3.89. The van der Waals surface area contributed by atoms with Crippen LogP contribution in [0.4, 0.5) is 0 Å². The summed E-state index contributed by atoms with van der Waals surface area (Å²) in [7, 11) is 2.22. The topological polar surface area (TPSA) is 28.4 Å². The van der Waals surface area contributed by atoms with E-state index in [9.17, 15) is 0 Å². The summed E-state index contributed by atoms with van der Waals surface area (Å²) in [6.45, 7) is 7.13. The van der Waals surface area contributed by atoms with Crippen LogP contribution >= 0.6 is 0 Å². The largest absolute Gasteiger partial charge is 0.469 e. The minimum atomic E-state index is 0.341. The van der Waals surface area contributed by atoms with Crippen LogP contribution < -0.4 is 5.32 Å². The SMILES string of the molecule is CN1CCC(N[C@@H]2CC(C)(C)Cc3occc32)CC1. The lowest BCUT2D eigenvalue weighted by molar-refractivity contribution is 0.188. The zero-order valence-electron chi connectivity index (χ0n) is 12.4. The van der Waals surface area contributed by atoms with E-state index < -0.39 is 0 Å². The average Bonchev–Trinajstić information content (AvgIpc) is 2.78. The lowest BCUT2D eigenvalue weighted by Crippen LogP contribution is -2.44. The van der Waals surface area contributed by atoms with Gasteiger partial charge in [0.1, 0.15) is 5.76 Å². The normalized spacial score (nSPS) is 28.3. The first kappa shape index (κ1) is 13.2. The molecule has 1 aliphatic carbocycles. The summed E-state index contributed by atoms with van der Waals surface area (Å²) in [5.41, 5.74) is 1.74. The van der Waals surface area contributed by atoms with Crippen molar-refractivity contribution >= 4 is 0 Å². The molecule has 3 rings (SSSR count). The van der Waals surface area contributed by atoms with Gasteiger partial charge in [0.25, 0.3) is 0 Å². The van der Waals surface area contributed by atoms with E-state index in [2.05, 4.69) is 37.2 Å². The van der Waals surface area contributed by atoms with Crippen molar-refractivity contribution < 1.29 is 4.42 Å². The first-order chi connectivity index (χ1) is 9.03. The molecule has 1 saturated heterocycles. The highest BCUT2D eigenvalue weighted by molar-refractivity contribution is 5.26. The van der Waals surface area contributed by atoms with Crippen molar-refractivity contribution in [3.8, 4) is 0 Å². The Morgan fingerprint density at radius 3 is 2.79 bits per heavy atom. The molecule has 3 heteroatoms. The van der Waals surface area contributed by atoms with E-state index in [-0.39, 0.29) is 0 Å². The number of rotatable bonds is 2. The number of nitrogens with zero attached hydrogens (tertiary/aromatic N) is 1. The Balaban J connectivity index is 1.71. The van der Waals surface area contributed by atoms with Gasteiger partial charge in [-0.15, -0.1) is 0 Å². The minimum absolute atomic E-state index is 0.341. The van der Waals surface area contributed by atoms with Gasteiger partial charge in [0, 0.05) is 24.1 Å².